The second-order valence-corrected chi connectivity index (χ2v) is 7.25. The molecule has 0 atom stereocenters. The third-order valence-electron chi connectivity index (χ3n) is 3.02. The molecule has 9 heteroatoms. The minimum absolute atomic E-state index is 0.0190. The van der Waals surface area contributed by atoms with Crippen LogP contribution in [0.3, 0.4) is 0 Å². The number of amides is 1. The van der Waals surface area contributed by atoms with Crippen LogP contribution in [0.25, 0.3) is 0 Å². The van der Waals surface area contributed by atoms with Crippen molar-refractivity contribution in [3.05, 3.63) is 28.2 Å². The first-order valence-electron chi connectivity index (χ1n) is 6.12. The van der Waals surface area contributed by atoms with E-state index in [0.29, 0.717) is 13.0 Å². The fraction of sp³-hybridized carbons (Fsp3) is 0.333. The zero-order valence-electron chi connectivity index (χ0n) is 10.9. The van der Waals surface area contributed by atoms with Crippen LogP contribution in [-0.4, -0.2) is 49.3 Å². The van der Waals surface area contributed by atoms with Crippen LogP contribution in [0.4, 0.5) is 0 Å². The van der Waals surface area contributed by atoms with E-state index >= 15 is 0 Å². The molecule has 1 saturated heterocycles. The molecule has 114 valence electrons. The summed E-state index contributed by atoms with van der Waals surface area (Å²) in [6.07, 6.45) is 0.524. The summed E-state index contributed by atoms with van der Waals surface area (Å²) in [4.78, 5) is 22.3. The van der Waals surface area contributed by atoms with Crippen molar-refractivity contribution in [2.45, 2.75) is 11.3 Å². The molecule has 1 heterocycles. The minimum atomic E-state index is -3.86. The van der Waals surface area contributed by atoms with Gasteiger partial charge in [-0.1, -0.05) is 0 Å². The quantitative estimate of drug-likeness (QED) is 0.806. The molecular weight excluding hydrogens is 364 g/mol. The topological polar surface area (TPSA) is 104 Å². The predicted octanol–water partition coefficient (Wildman–Crippen LogP) is 0.658. The lowest BCUT2D eigenvalue weighted by molar-refractivity contribution is -0.120. The van der Waals surface area contributed by atoms with Crippen molar-refractivity contribution >= 4 is 37.8 Å². The van der Waals surface area contributed by atoms with E-state index in [-0.39, 0.29) is 33.9 Å². The summed E-state index contributed by atoms with van der Waals surface area (Å²) in [5.74, 6) is -1.50. The average Bonchev–Trinajstić information content (AvgIpc) is 2.63. The number of nitrogens with zero attached hydrogens (tertiary/aromatic N) is 1. The van der Waals surface area contributed by atoms with Crippen LogP contribution in [0.1, 0.15) is 16.8 Å². The Morgan fingerprint density at radius 3 is 2.71 bits per heavy atom. The number of carboxylic acids is 1. The van der Waals surface area contributed by atoms with Crippen LogP contribution in [0.2, 0.25) is 0 Å². The third kappa shape index (κ3) is 3.42. The van der Waals surface area contributed by atoms with Crippen molar-refractivity contribution in [2.75, 3.05) is 19.6 Å². The Morgan fingerprint density at radius 2 is 2.10 bits per heavy atom. The first-order valence-corrected chi connectivity index (χ1v) is 8.35. The minimum Gasteiger partial charge on any atom is -0.478 e. The molecule has 2 rings (SSSR count). The largest absolute Gasteiger partial charge is 0.478 e. The van der Waals surface area contributed by atoms with Gasteiger partial charge in [0, 0.05) is 17.6 Å². The number of carboxylic acid groups (broad SMARTS) is 1. The average molecular weight is 377 g/mol. The maximum absolute atomic E-state index is 12.6. The lowest BCUT2D eigenvalue weighted by atomic mass is 10.2. The molecule has 1 aromatic rings. The van der Waals surface area contributed by atoms with Gasteiger partial charge in [-0.05, 0) is 40.5 Å². The Labute approximate surface area is 130 Å². The van der Waals surface area contributed by atoms with Crippen LogP contribution in [0.15, 0.2) is 27.6 Å². The predicted molar refractivity (Wildman–Crippen MR) is 77.5 cm³/mol. The maximum atomic E-state index is 12.6. The van der Waals surface area contributed by atoms with E-state index in [1.807, 2.05) is 0 Å². The van der Waals surface area contributed by atoms with Gasteiger partial charge >= 0.3 is 5.97 Å². The molecule has 0 saturated carbocycles. The number of hydrogen-bond acceptors (Lipinski definition) is 4. The summed E-state index contributed by atoms with van der Waals surface area (Å²) >= 11 is 3.08. The number of benzene rings is 1. The highest BCUT2D eigenvalue weighted by molar-refractivity contribution is 9.10. The van der Waals surface area contributed by atoms with Crippen molar-refractivity contribution in [2.24, 2.45) is 0 Å². The fourth-order valence-corrected chi connectivity index (χ4v) is 4.44. The van der Waals surface area contributed by atoms with E-state index in [4.69, 9.17) is 5.11 Å². The molecule has 0 radical (unpaired) electrons. The number of nitrogens with one attached hydrogen (secondary N) is 1. The lowest BCUT2D eigenvalue weighted by Crippen LogP contribution is -2.37. The Hall–Kier alpha value is -1.45. The number of hydrogen-bond donors (Lipinski definition) is 2. The summed E-state index contributed by atoms with van der Waals surface area (Å²) in [7, 11) is -3.86. The van der Waals surface area contributed by atoms with Crippen LogP contribution in [-0.2, 0) is 14.8 Å². The Bertz CT molecular complexity index is 689. The van der Waals surface area contributed by atoms with Gasteiger partial charge < -0.3 is 10.4 Å². The van der Waals surface area contributed by atoms with E-state index in [1.54, 1.807) is 0 Å². The molecule has 7 nitrogen and oxygen atoms in total. The van der Waals surface area contributed by atoms with E-state index in [9.17, 15) is 18.0 Å². The SMILES string of the molecule is O=C1CN(S(=O)(=O)c2ccc(C(=O)O)cc2Br)CCCN1. The number of carbonyl (C=O) groups is 2. The third-order valence-corrected chi connectivity index (χ3v) is 5.84. The van der Waals surface area contributed by atoms with Gasteiger partial charge in [-0.15, -0.1) is 0 Å². The molecule has 0 unspecified atom stereocenters. The standard InChI is InChI=1S/C12H13BrN2O5S/c13-9-6-8(12(17)18)2-3-10(9)21(19,20)15-5-1-4-14-11(16)7-15/h2-3,6H,1,4-5,7H2,(H,14,16)(H,17,18). The molecule has 1 fully saturated rings. The summed E-state index contributed by atoms with van der Waals surface area (Å²) in [6, 6.07) is 3.68. The van der Waals surface area contributed by atoms with Crippen LogP contribution >= 0.6 is 15.9 Å². The number of carbonyl (C=O) groups excluding carboxylic acids is 1. The molecule has 1 aliphatic heterocycles. The van der Waals surface area contributed by atoms with Crippen molar-refractivity contribution in [3.8, 4) is 0 Å². The Balaban J connectivity index is 2.39. The highest BCUT2D eigenvalue weighted by atomic mass is 79.9. The van der Waals surface area contributed by atoms with Gasteiger partial charge in [-0.3, -0.25) is 4.79 Å². The first-order chi connectivity index (χ1) is 9.82. The molecule has 0 aliphatic carbocycles. The first kappa shape index (κ1) is 15.9. The zero-order chi connectivity index (χ0) is 15.6. The van der Waals surface area contributed by atoms with Gasteiger partial charge in [-0.25, -0.2) is 13.2 Å². The number of sulfonamides is 1. The smallest absolute Gasteiger partial charge is 0.335 e. The number of aromatic carboxylic acids is 1. The second-order valence-electron chi connectivity index (χ2n) is 4.49. The van der Waals surface area contributed by atoms with E-state index < -0.39 is 16.0 Å². The van der Waals surface area contributed by atoms with Crippen LogP contribution in [0, 0.1) is 0 Å². The zero-order valence-corrected chi connectivity index (χ0v) is 13.3. The monoisotopic (exact) mass is 376 g/mol. The van der Waals surface area contributed by atoms with Crippen molar-refractivity contribution in [3.63, 3.8) is 0 Å². The van der Waals surface area contributed by atoms with Gasteiger partial charge in [0.2, 0.25) is 15.9 Å². The summed E-state index contributed by atoms with van der Waals surface area (Å²) in [5, 5.41) is 11.5. The highest BCUT2D eigenvalue weighted by Gasteiger charge is 2.29. The van der Waals surface area contributed by atoms with Crippen molar-refractivity contribution in [1.29, 1.82) is 0 Å². The number of rotatable bonds is 3. The molecule has 2 N–H and O–H groups in total. The van der Waals surface area contributed by atoms with E-state index in [2.05, 4.69) is 21.2 Å². The fourth-order valence-electron chi connectivity index (χ4n) is 1.97. The van der Waals surface area contributed by atoms with Gasteiger partial charge in [0.25, 0.3) is 0 Å². The molecule has 0 aromatic heterocycles. The van der Waals surface area contributed by atoms with Gasteiger partial charge in [-0.2, -0.15) is 4.31 Å². The molecule has 0 spiro atoms. The van der Waals surface area contributed by atoms with Crippen molar-refractivity contribution < 1.29 is 23.1 Å². The van der Waals surface area contributed by atoms with Crippen LogP contribution in [0.5, 0.6) is 0 Å². The molecule has 21 heavy (non-hydrogen) atoms. The lowest BCUT2D eigenvalue weighted by Gasteiger charge is -2.19. The molecule has 1 aliphatic rings. The van der Waals surface area contributed by atoms with Gasteiger partial charge in [0.1, 0.15) is 0 Å². The van der Waals surface area contributed by atoms with Gasteiger partial charge in [0.05, 0.1) is 17.0 Å². The Kier molecular flexibility index (Phi) is 4.64. The maximum Gasteiger partial charge on any atom is 0.335 e. The van der Waals surface area contributed by atoms with Gasteiger partial charge in [0.15, 0.2) is 0 Å². The van der Waals surface area contributed by atoms with E-state index in [1.165, 1.54) is 18.2 Å². The van der Waals surface area contributed by atoms with Crippen molar-refractivity contribution in [1.82, 2.24) is 9.62 Å². The number of halogens is 1. The Morgan fingerprint density at radius 1 is 1.38 bits per heavy atom. The summed E-state index contributed by atoms with van der Waals surface area (Å²) in [6.45, 7) is 0.424. The highest BCUT2D eigenvalue weighted by Crippen LogP contribution is 2.26. The summed E-state index contributed by atoms with van der Waals surface area (Å²) < 4.78 is 26.4. The molecule has 0 bridgehead atoms. The molecule has 1 aromatic carbocycles. The molecule has 1 amide bonds. The summed E-state index contributed by atoms with van der Waals surface area (Å²) in [5.41, 5.74) is -0.0190. The van der Waals surface area contributed by atoms with Crippen LogP contribution < -0.4 is 5.32 Å². The normalized spacial score (nSPS) is 17.1. The van der Waals surface area contributed by atoms with E-state index in [0.717, 1.165) is 4.31 Å². The second kappa shape index (κ2) is 6.12. The molecular formula is C12H13BrN2O5S.